The topological polar surface area (TPSA) is 74.7 Å². The van der Waals surface area contributed by atoms with Crippen molar-refractivity contribution in [3.05, 3.63) is 45.5 Å². The number of benzene rings is 1. The van der Waals surface area contributed by atoms with Gasteiger partial charge in [0.15, 0.2) is 5.82 Å². The largest absolute Gasteiger partial charge is 0.396 e. The molecule has 0 saturated carbocycles. The Morgan fingerprint density at radius 3 is 2.78 bits per heavy atom. The molecule has 1 aromatic carbocycles. The number of aromatic nitrogens is 1. The summed E-state index contributed by atoms with van der Waals surface area (Å²) in [6.45, 7) is 0. The second-order valence-electron chi connectivity index (χ2n) is 3.52. The van der Waals surface area contributed by atoms with Crippen LogP contribution in [0.25, 0.3) is 0 Å². The molecule has 2 aromatic rings. The highest BCUT2D eigenvalue weighted by molar-refractivity contribution is 9.10. The van der Waals surface area contributed by atoms with Crippen molar-refractivity contribution >= 4 is 44.7 Å². The van der Waals surface area contributed by atoms with Crippen LogP contribution in [-0.4, -0.2) is 4.98 Å². The van der Waals surface area contributed by atoms with Gasteiger partial charge in [0.25, 0.3) is 0 Å². The molecule has 0 amide bonds. The molecule has 0 aliphatic carbocycles. The lowest BCUT2D eigenvalue weighted by molar-refractivity contribution is 1.31. The van der Waals surface area contributed by atoms with E-state index in [0.29, 0.717) is 22.1 Å². The molecule has 0 aliphatic heterocycles. The summed E-state index contributed by atoms with van der Waals surface area (Å²) < 4.78 is 0.762. The number of halogens is 2. The van der Waals surface area contributed by atoms with Gasteiger partial charge in [-0.05, 0) is 40.2 Å². The fraction of sp³-hybridized carbons (Fsp3) is 0. The minimum absolute atomic E-state index is 0.457. The van der Waals surface area contributed by atoms with Gasteiger partial charge in [-0.15, -0.1) is 0 Å². The predicted octanol–water partition coefficient (Wildman–Crippen LogP) is 3.69. The Hall–Kier alpha value is -1.77. The number of anilines is 3. The van der Waals surface area contributed by atoms with Crippen molar-refractivity contribution in [1.29, 1.82) is 5.26 Å². The van der Waals surface area contributed by atoms with E-state index in [0.717, 1.165) is 10.2 Å². The standard InChI is InChI=1S/C12H8BrClN4/c13-9-3-7(5-15)1-2-11(9)18-12-10(16)4-8(14)6-17-12/h1-4,6H,16H2,(H,17,18). The minimum atomic E-state index is 0.457. The van der Waals surface area contributed by atoms with Crippen LogP contribution in [0.2, 0.25) is 5.02 Å². The van der Waals surface area contributed by atoms with Gasteiger partial charge < -0.3 is 11.1 Å². The zero-order valence-corrected chi connectivity index (χ0v) is 11.5. The third-order valence-corrected chi connectivity index (χ3v) is 3.10. The molecule has 1 heterocycles. The average molecular weight is 324 g/mol. The van der Waals surface area contributed by atoms with Crippen LogP contribution in [0.1, 0.15) is 5.56 Å². The van der Waals surface area contributed by atoms with Gasteiger partial charge in [-0.2, -0.15) is 5.26 Å². The third-order valence-electron chi connectivity index (χ3n) is 2.24. The molecular weight excluding hydrogens is 316 g/mol. The highest BCUT2D eigenvalue weighted by atomic mass is 79.9. The number of nitrogens with zero attached hydrogens (tertiary/aromatic N) is 2. The molecule has 0 spiro atoms. The highest BCUT2D eigenvalue weighted by Gasteiger charge is 2.06. The molecule has 6 heteroatoms. The summed E-state index contributed by atoms with van der Waals surface area (Å²) in [5.74, 6) is 0.518. The van der Waals surface area contributed by atoms with Gasteiger partial charge in [-0.3, -0.25) is 0 Å². The van der Waals surface area contributed by atoms with E-state index < -0.39 is 0 Å². The van der Waals surface area contributed by atoms with E-state index in [2.05, 4.69) is 32.3 Å². The van der Waals surface area contributed by atoms with E-state index in [-0.39, 0.29) is 0 Å². The minimum Gasteiger partial charge on any atom is -0.396 e. The lowest BCUT2D eigenvalue weighted by Crippen LogP contribution is -1.99. The Morgan fingerprint density at radius 2 is 2.17 bits per heavy atom. The molecular formula is C12H8BrClN4. The van der Waals surface area contributed by atoms with Gasteiger partial charge in [0.05, 0.1) is 28.0 Å². The normalized spacial score (nSPS) is 9.83. The molecule has 3 N–H and O–H groups in total. The van der Waals surface area contributed by atoms with Crippen molar-refractivity contribution < 1.29 is 0 Å². The quantitative estimate of drug-likeness (QED) is 0.883. The second-order valence-corrected chi connectivity index (χ2v) is 4.81. The summed E-state index contributed by atoms with van der Waals surface area (Å²) in [5.41, 5.74) is 7.60. The van der Waals surface area contributed by atoms with Gasteiger partial charge in [0.1, 0.15) is 0 Å². The smallest absolute Gasteiger partial charge is 0.153 e. The van der Waals surface area contributed by atoms with Crippen LogP contribution in [0, 0.1) is 11.3 Å². The van der Waals surface area contributed by atoms with Gasteiger partial charge >= 0.3 is 0 Å². The van der Waals surface area contributed by atoms with Crippen molar-refractivity contribution in [2.75, 3.05) is 11.1 Å². The summed E-state index contributed by atoms with van der Waals surface area (Å²) >= 11 is 9.15. The van der Waals surface area contributed by atoms with Crippen molar-refractivity contribution in [3.63, 3.8) is 0 Å². The maximum Gasteiger partial charge on any atom is 0.153 e. The van der Waals surface area contributed by atoms with E-state index in [9.17, 15) is 0 Å². The van der Waals surface area contributed by atoms with E-state index >= 15 is 0 Å². The number of rotatable bonds is 2. The maximum absolute atomic E-state index is 8.78. The fourth-order valence-corrected chi connectivity index (χ4v) is 2.02. The monoisotopic (exact) mass is 322 g/mol. The molecule has 0 unspecified atom stereocenters. The van der Waals surface area contributed by atoms with Crippen LogP contribution in [0.3, 0.4) is 0 Å². The first-order chi connectivity index (χ1) is 8.60. The molecule has 0 fully saturated rings. The van der Waals surface area contributed by atoms with Crippen LogP contribution in [0.15, 0.2) is 34.9 Å². The first kappa shape index (κ1) is 12.7. The maximum atomic E-state index is 8.78. The zero-order chi connectivity index (χ0) is 13.1. The number of nitrogens with two attached hydrogens (primary N) is 1. The lowest BCUT2D eigenvalue weighted by atomic mass is 10.2. The van der Waals surface area contributed by atoms with Crippen molar-refractivity contribution in [2.45, 2.75) is 0 Å². The first-order valence-corrected chi connectivity index (χ1v) is 6.15. The van der Waals surface area contributed by atoms with Gasteiger partial charge in [0.2, 0.25) is 0 Å². The second kappa shape index (κ2) is 5.25. The summed E-state index contributed by atoms with van der Waals surface area (Å²) in [6.07, 6.45) is 1.51. The zero-order valence-electron chi connectivity index (χ0n) is 9.11. The van der Waals surface area contributed by atoms with E-state index in [4.69, 9.17) is 22.6 Å². The molecule has 0 bridgehead atoms. The fourth-order valence-electron chi connectivity index (χ4n) is 1.37. The van der Waals surface area contributed by atoms with Crippen LogP contribution in [0.5, 0.6) is 0 Å². The van der Waals surface area contributed by atoms with Crippen molar-refractivity contribution in [2.24, 2.45) is 0 Å². The molecule has 0 saturated heterocycles. The number of hydrogen-bond donors (Lipinski definition) is 2. The number of nitriles is 1. The Kier molecular flexibility index (Phi) is 3.70. The molecule has 2 rings (SSSR count). The Labute approximate surface area is 118 Å². The third kappa shape index (κ3) is 2.73. The highest BCUT2D eigenvalue weighted by Crippen LogP contribution is 2.29. The number of hydrogen-bond acceptors (Lipinski definition) is 4. The van der Waals surface area contributed by atoms with E-state index in [1.807, 2.05) is 0 Å². The molecule has 90 valence electrons. The van der Waals surface area contributed by atoms with Crippen molar-refractivity contribution in [1.82, 2.24) is 4.98 Å². The summed E-state index contributed by atoms with van der Waals surface area (Å²) in [6, 6.07) is 8.88. The average Bonchev–Trinajstić information content (AvgIpc) is 2.34. The van der Waals surface area contributed by atoms with Crippen LogP contribution in [-0.2, 0) is 0 Å². The van der Waals surface area contributed by atoms with Gasteiger partial charge in [-0.25, -0.2) is 4.98 Å². The van der Waals surface area contributed by atoms with Crippen LogP contribution < -0.4 is 11.1 Å². The summed E-state index contributed by atoms with van der Waals surface area (Å²) in [4.78, 5) is 4.10. The number of nitrogens with one attached hydrogen (secondary N) is 1. The van der Waals surface area contributed by atoms with Crippen LogP contribution >= 0.6 is 27.5 Å². The Balaban J connectivity index is 2.32. The Morgan fingerprint density at radius 1 is 1.39 bits per heavy atom. The predicted molar refractivity (Wildman–Crippen MR) is 75.8 cm³/mol. The van der Waals surface area contributed by atoms with Gasteiger partial charge in [0, 0.05) is 10.7 Å². The molecule has 18 heavy (non-hydrogen) atoms. The summed E-state index contributed by atoms with van der Waals surface area (Å²) in [5, 5.41) is 12.3. The molecule has 1 aromatic heterocycles. The molecule has 0 aliphatic rings. The van der Waals surface area contributed by atoms with Crippen LogP contribution in [0.4, 0.5) is 17.2 Å². The molecule has 0 atom stereocenters. The SMILES string of the molecule is N#Cc1ccc(Nc2ncc(Cl)cc2N)c(Br)c1. The molecule has 4 nitrogen and oxygen atoms in total. The van der Waals surface area contributed by atoms with Gasteiger partial charge in [-0.1, -0.05) is 11.6 Å². The first-order valence-electron chi connectivity index (χ1n) is 4.98. The van der Waals surface area contributed by atoms with E-state index in [1.165, 1.54) is 6.20 Å². The number of pyridine rings is 1. The lowest BCUT2D eigenvalue weighted by Gasteiger charge is -2.10. The number of nitrogen functional groups attached to an aromatic ring is 1. The molecule has 0 radical (unpaired) electrons. The van der Waals surface area contributed by atoms with E-state index in [1.54, 1.807) is 24.3 Å². The van der Waals surface area contributed by atoms with Crippen molar-refractivity contribution in [3.8, 4) is 6.07 Å². The Bertz CT molecular complexity index is 636. The summed E-state index contributed by atoms with van der Waals surface area (Å²) in [7, 11) is 0.